The zero-order valence-electron chi connectivity index (χ0n) is 12.8. The van der Waals surface area contributed by atoms with Gasteiger partial charge in [0.05, 0.1) is 5.25 Å². The second-order valence-electron chi connectivity index (χ2n) is 5.40. The zero-order valence-corrected chi connectivity index (χ0v) is 13.6. The van der Waals surface area contributed by atoms with Crippen LogP contribution in [-0.2, 0) is 0 Å². The van der Waals surface area contributed by atoms with Crippen molar-refractivity contribution in [3.8, 4) is 0 Å². The topological polar surface area (TPSA) is 26.0 Å². The lowest BCUT2D eigenvalue weighted by molar-refractivity contribution is 0.572. The van der Waals surface area contributed by atoms with Crippen molar-refractivity contribution >= 4 is 11.8 Å². The summed E-state index contributed by atoms with van der Waals surface area (Å²) in [7, 11) is 0. The Morgan fingerprint density at radius 1 is 1.14 bits per heavy atom. The van der Waals surface area contributed by atoms with E-state index < -0.39 is 0 Å². The molecule has 0 aliphatic rings. The van der Waals surface area contributed by atoms with E-state index in [0.29, 0.717) is 5.56 Å². The van der Waals surface area contributed by atoms with Crippen molar-refractivity contribution in [3.63, 3.8) is 0 Å². The van der Waals surface area contributed by atoms with Crippen LogP contribution in [-0.4, -0.2) is 6.04 Å². The van der Waals surface area contributed by atoms with Crippen LogP contribution >= 0.6 is 11.8 Å². The number of hydrogen-bond acceptors (Lipinski definition) is 2. The van der Waals surface area contributed by atoms with E-state index in [0.717, 1.165) is 6.42 Å². The first-order chi connectivity index (χ1) is 10.0. The largest absolute Gasteiger partial charge is 0.326 e. The third kappa shape index (κ3) is 3.86. The normalized spacial score (nSPS) is 14.0. The Labute approximate surface area is 130 Å². The number of aryl methyl sites for hydroxylation is 2. The number of nitrogens with two attached hydrogens (primary N) is 1. The van der Waals surface area contributed by atoms with Crippen LogP contribution in [0, 0.1) is 19.7 Å². The minimum atomic E-state index is -0.177. The van der Waals surface area contributed by atoms with Gasteiger partial charge in [-0.2, -0.15) is 0 Å². The second kappa shape index (κ2) is 7.10. The summed E-state index contributed by atoms with van der Waals surface area (Å²) < 4.78 is 14.2. The average Bonchev–Trinajstić information content (AvgIpc) is 2.48. The lowest BCUT2D eigenvalue weighted by atomic mass is 10.0. The molecule has 2 unspecified atom stereocenters. The summed E-state index contributed by atoms with van der Waals surface area (Å²) in [6, 6.07) is 13.2. The molecule has 0 aliphatic carbocycles. The molecule has 0 fully saturated rings. The Hall–Kier alpha value is -1.32. The number of rotatable bonds is 5. The summed E-state index contributed by atoms with van der Waals surface area (Å²) in [6.07, 6.45) is 0.816. The Morgan fingerprint density at radius 3 is 2.52 bits per heavy atom. The molecule has 0 amide bonds. The second-order valence-corrected chi connectivity index (χ2v) is 6.58. The van der Waals surface area contributed by atoms with E-state index in [2.05, 4.69) is 32.0 Å². The monoisotopic (exact) mass is 303 g/mol. The van der Waals surface area contributed by atoms with Crippen LogP contribution in [0.2, 0.25) is 0 Å². The SMILES string of the molecule is CCC(N)C(Sc1cc(C)ccc1C)c1ccccc1F. The molecule has 1 nitrogen and oxygen atoms in total. The van der Waals surface area contributed by atoms with Gasteiger partial charge in [-0.3, -0.25) is 0 Å². The predicted octanol–water partition coefficient (Wildman–Crippen LogP) is 5.01. The Kier molecular flexibility index (Phi) is 5.43. The van der Waals surface area contributed by atoms with Crippen LogP contribution in [0.1, 0.15) is 35.3 Å². The first-order valence-electron chi connectivity index (χ1n) is 7.26. The molecule has 2 aromatic carbocycles. The third-order valence-corrected chi connectivity index (χ3v) is 5.22. The van der Waals surface area contributed by atoms with Crippen LogP contribution < -0.4 is 5.73 Å². The Morgan fingerprint density at radius 2 is 1.86 bits per heavy atom. The predicted molar refractivity (Wildman–Crippen MR) is 89.2 cm³/mol. The maximum Gasteiger partial charge on any atom is 0.127 e. The van der Waals surface area contributed by atoms with Crippen molar-refractivity contribution in [1.29, 1.82) is 0 Å². The molecule has 0 saturated carbocycles. The lowest BCUT2D eigenvalue weighted by Crippen LogP contribution is -2.26. The lowest BCUT2D eigenvalue weighted by Gasteiger charge is -2.24. The molecule has 0 bridgehead atoms. The van der Waals surface area contributed by atoms with Crippen molar-refractivity contribution in [2.24, 2.45) is 5.73 Å². The first kappa shape index (κ1) is 16.1. The highest BCUT2D eigenvalue weighted by Crippen LogP contribution is 2.40. The fourth-order valence-corrected chi connectivity index (χ4v) is 3.74. The average molecular weight is 303 g/mol. The summed E-state index contributed by atoms with van der Waals surface area (Å²) in [6.45, 7) is 6.20. The fourth-order valence-electron chi connectivity index (χ4n) is 2.27. The van der Waals surface area contributed by atoms with E-state index in [9.17, 15) is 4.39 Å². The van der Waals surface area contributed by atoms with Crippen LogP contribution in [0.15, 0.2) is 47.4 Å². The highest BCUT2D eigenvalue weighted by molar-refractivity contribution is 7.99. The van der Waals surface area contributed by atoms with Gasteiger partial charge < -0.3 is 5.73 Å². The van der Waals surface area contributed by atoms with E-state index in [1.54, 1.807) is 17.8 Å². The number of benzene rings is 2. The number of halogens is 1. The van der Waals surface area contributed by atoms with Gasteiger partial charge >= 0.3 is 0 Å². The van der Waals surface area contributed by atoms with E-state index in [4.69, 9.17) is 5.73 Å². The third-order valence-electron chi connectivity index (χ3n) is 3.67. The summed E-state index contributed by atoms with van der Waals surface area (Å²) in [5, 5.41) is -0.0725. The zero-order chi connectivity index (χ0) is 15.4. The first-order valence-corrected chi connectivity index (χ1v) is 8.14. The van der Waals surface area contributed by atoms with E-state index in [-0.39, 0.29) is 17.1 Å². The fraction of sp³-hybridized carbons (Fsp3) is 0.333. The van der Waals surface area contributed by atoms with E-state index in [1.165, 1.54) is 22.1 Å². The summed E-state index contributed by atoms with van der Waals surface area (Å²) in [5.74, 6) is -0.177. The summed E-state index contributed by atoms with van der Waals surface area (Å²) >= 11 is 1.66. The van der Waals surface area contributed by atoms with Crippen LogP contribution in [0.5, 0.6) is 0 Å². The van der Waals surface area contributed by atoms with Crippen molar-refractivity contribution in [2.75, 3.05) is 0 Å². The molecule has 2 atom stereocenters. The molecule has 2 aromatic rings. The van der Waals surface area contributed by atoms with Crippen molar-refractivity contribution in [1.82, 2.24) is 0 Å². The maximum atomic E-state index is 14.2. The van der Waals surface area contributed by atoms with Gasteiger partial charge in [0.1, 0.15) is 5.82 Å². The van der Waals surface area contributed by atoms with Crippen molar-refractivity contribution in [2.45, 2.75) is 43.4 Å². The van der Waals surface area contributed by atoms with Crippen LogP contribution in [0.4, 0.5) is 4.39 Å². The molecule has 0 aliphatic heterocycles. The van der Waals surface area contributed by atoms with Gasteiger partial charge in [0.25, 0.3) is 0 Å². The molecule has 0 spiro atoms. The molecule has 21 heavy (non-hydrogen) atoms. The van der Waals surface area contributed by atoms with Crippen molar-refractivity contribution in [3.05, 3.63) is 65.0 Å². The minimum Gasteiger partial charge on any atom is -0.326 e. The van der Waals surface area contributed by atoms with Gasteiger partial charge in [0.2, 0.25) is 0 Å². The molecule has 0 saturated heterocycles. The summed E-state index contributed by atoms with van der Waals surface area (Å²) in [4.78, 5) is 1.17. The van der Waals surface area contributed by atoms with Crippen molar-refractivity contribution < 1.29 is 4.39 Å². The molecular formula is C18H22FNS. The van der Waals surface area contributed by atoms with Gasteiger partial charge in [-0.1, -0.05) is 42.8 Å². The Balaban J connectivity index is 2.38. The number of hydrogen-bond donors (Lipinski definition) is 1. The van der Waals surface area contributed by atoms with Crippen LogP contribution in [0.25, 0.3) is 0 Å². The highest BCUT2D eigenvalue weighted by Gasteiger charge is 2.23. The standard InChI is InChI=1S/C18H22FNS/c1-4-16(20)18(14-7-5-6-8-15(14)19)21-17-11-12(2)9-10-13(17)3/h5-11,16,18H,4,20H2,1-3H3. The van der Waals surface area contributed by atoms with E-state index in [1.807, 2.05) is 19.1 Å². The molecule has 3 heteroatoms. The summed E-state index contributed by atoms with van der Waals surface area (Å²) in [5.41, 5.74) is 9.37. The highest BCUT2D eigenvalue weighted by atomic mass is 32.2. The van der Waals surface area contributed by atoms with E-state index >= 15 is 0 Å². The Bertz CT molecular complexity index is 612. The number of thioether (sulfide) groups is 1. The molecular weight excluding hydrogens is 281 g/mol. The van der Waals surface area contributed by atoms with Gasteiger partial charge in [-0.25, -0.2) is 4.39 Å². The van der Waals surface area contributed by atoms with Gasteiger partial charge in [-0.05, 0) is 38.0 Å². The molecule has 2 rings (SSSR count). The quantitative estimate of drug-likeness (QED) is 0.785. The maximum absolute atomic E-state index is 14.2. The molecule has 0 aromatic heterocycles. The van der Waals surface area contributed by atoms with Gasteiger partial charge in [-0.15, -0.1) is 11.8 Å². The van der Waals surface area contributed by atoms with Crippen LogP contribution in [0.3, 0.4) is 0 Å². The molecule has 2 N–H and O–H groups in total. The molecule has 0 radical (unpaired) electrons. The van der Waals surface area contributed by atoms with Gasteiger partial charge in [0, 0.05) is 16.5 Å². The minimum absolute atomic E-state index is 0.0725. The molecule has 112 valence electrons. The van der Waals surface area contributed by atoms with Gasteiger partial charge in [0.15, 0.2) is 0 Å². The smallest absolute Gasteiger partial charge is 0.127 e. The molecule has 0 heterocycles.